The Labute approximate surface area is 154 Å². The lowest BCUT2D eigenvalue weighted by atomic mass is 10.1. The monoisotopic (exact) mass is 378 g/mol. The van der Waals surface area contributed by atoms with E-state index in [2.05, 4.69) is 27.7 Å². The van der Waals surface area contributed by atoms with E-state index in [1.54, 1.807) is 0 Å². The van der Waals surface area contributed by atoms with Crippen LogP contribution in [0, 0.1) is 0 Å². The van der Waals surface area contributed by atoms with Crippen molar-refractivity contribution in [2.45, 2.75) is 91.1 Å². The van der Waals surface area contributed by atoms with Gasteiger partial charge in [-0.25, -0.2) is 0 Å². The van der Waals surface area contributed by atoms with Crippen molar-refractivity contribution in [3.8, 4) is 0 Å². The maximum absolute atomic E-state index is 5.71. The van der Waals surface area contributed by atoms with E-state index in [1.807, 2.05) is 0 Å². The second kappa shape index (κ2) is 19.6. The van der Waals surface area contributed by atoms with Crippen LogP contribution in [0.2, 0.25) is 12.1 Å². The van der Waals surface area contributed by atoms with Crippen LogP contribution >= 0.6 is 0 Å². The van der Waals surface area contributed by atoms with Gasteiger partial charge in [0.25, 0.3) is 0 Å². The van der Waals surface area contributed by atoms with Gasteiger partial charge in [0.05, 0.1) is 0 Å². The molecular weight excluding hydrogens is 336 g/mol. The van der Waals surface area contributed by atoms with Gasteiger partial charge in [-0.3, -0.25) is 0 Å². The molecular formula is C18H42O4Si2. The van der Waals surface area contributed by atoms with Crippen LogP contribution < -0.4 is 0 Å². The number of hydrogen-bond acceptors (Lipinski definition) is 4. The van der Waals surface area contributed by atoms with Gasteiger partial charge in [0.15, 0.2) is 0 Å². The highest BCUT2D eigenvalue weighted by atomic mass is 28.3. The van der Waals surface area contributed by atoms with Crippen molar-refractivity contribution in [3.63, 3.8) is 0 Å². The van der Waals surface area contributed by atoms with Crippen LogP contribution in [0.15, 0.2) is 0 Å². The molecule has 6 heteroatoms. The van der Waals surface area contributed by atoms with E-state index in [4.69, 9.17) is 17.7 Å². The Morgan fingerprint density at radius 1 is 0.417 bits per heavy atom. The molecule has 0 fully saturated rings. The first-order valence-electron chi connectivity index (χ1n) is 10.2. The molecule has 146 valence electrons. The third kappa shape index (κ3) is 15.8. The first kappa shape index (κ1) is 24.3. The van der Waals surface area contributed by atoms with Gasteiger partial charge < -0.3 is 17.7 Å². The Balaban J connectivity index is 3.38. The summed E-state index contributed by atoms with van der Waals surface area (Å²) >= 11 is 0. The maximum atomic E-state index is 5.71. The molecule has 4 nitrogen and oxygen atoms in total. The summed E-state index contributed by atoms with van der Waals surface area (Å²) in [5.74, 6) is 0. The van der Waals surface area contributed by atoms with Gasteiger partial charge in [0.2, 0.25) is 0 Å². The highest BCUT2D eigenvalue weighted by Crippen LogP contribution is 2.13. The van der Waals surface area contributed by atoms with Crippen LogP contribution in [0.1, 0.15) is 79.1 Å². The molecule has 0 aromatic heterocycles. The van der Waals surface area contributed by atoms with E-state index in [0.29, 0.717) is 0 Å². The van der Waals surface area contributed by atoms with Gasteiger partial charge in [0.1, 0.15) is 0 Å². The fourth-order valence-electron chi connectivity index (χ4n) is 2.86. The molecule has 0 N–H and O–H groups in total. The molecule has 0 aliphatic carbocycles. The predicted octanol–water partition coefficient (Wildman–Crippen LogP) is 4.69. The van der Waals surface area contributed by atoms with E-state index in [0.717, 1.165) is 26.4 Å². The average molecular weight is 379 g/mol. The van der Waals surface area contributed by atoms with Crippen LogP contribution in [-0.4, -0.2) is 45.0 Å². The quantitative estimate of drug-likeness (QED) is 0.241. The number of hydrogen-bond donors (Lipinski definition) is 0. The van der Waals surface area contributed by atoms with Crippen molar-refractivity contribution in [1.82, 2.24) is 0 Å². The van der Waals surface area contributed by atoms with Gasteiger partial charge in [-0.1, -0.05) is 51.4 Å². The first-order valence-corrected chi connectivity index (χ1v) is 13.8. The topological polar surface area (TPSA) is 36.9 Å². The maximum Gasteiger partial charge on any atom is 0.321 e. The molecule has 0 bridgehead atoms. The highest BCUT2D eigenvalue weighted by Gasteiger charge is 2.12. The van der Waals surface area contributed by atoms with Crippen molar-refractivity contribution < 1.29 is 17.7 Å². The summed E-state index contributed by atoms with van der Waals surface area (Å²) in [5, 5.41) is 0. The zero-order chi connectivity index (χ0) is 17.9. The number of rotatable bonds is 19. The summed E-state index contributed by atoms with van der Waals surface area (Å²) in [6.45, 7) is 11.4. The number of unbranched alkanes of at least 4 members (excludes halogenated alkanes) is 7. The summed E-state index contributed by atoms with van der Waals surface area (Å²) in [7, 11) is -2.70. The molecule has 0 saturated carbocycles. The molecule has 0 amide bonds. The Morgan fingerprint density at radius 3 is 0.917 bits per heavy atom. The van der Waals surface area contributed by atoms with Crippen molar-refractivity contribution in [3.05, 3.63) is 0 Å². The molecule has 0 aromatic rings. The van der Waals surface area contributed by atoms with Crippen molar-refractivity contribution in [1.29, 1.82) is 0 Å². The summed E-state index contributed by atoms with van der Waals surface area (Å²) < 4.78 is 22.8. The molecule has 0 aliphatic heterocycles. The average Bonchev–Trinajstić information content (AvgIpc) is 2.57. The van der Waals surface area contributed by atoms with Crippen LogP contribution in [-0.2, 0) is 17.7 Å². The third-order valence-corrected chi connectivity index (χ3v) is 8.62. The molecule has 0 saturated heterocycles. The Kier molecular flexibility index (Phi) is 19.8. The Morgan fingerprint density at radius 2 is 0.667 bits per heavy atom. The second-order valence-corrected chi connectivity index (χ2v) is 10.3. The van der Waals surface area contributed by atoms with Crippen LogP contribution in [0.3, 0.4) is 0 Å². The predicted molar refractivity (Wildman–Crippen MR) is 107 cm³/mol. The molecule has 0 heterocycles. The molecule has 0 unspecified atom stereocenters. The smallest absolute Gasteiger partial charge is 0.321 e. The van der Waals surface area contributed by atoms with E-state index in [9.17, 15) is 0 Å². The minimum absolute atomic E-state index is 0.799. The lowest BCUT2D eigenvalue weighted by molar-refractivity contribution is 0.212. The molecule has 0 radical (unpaired) electrons. The largest absolute Gasteiger partial charge is 0.397 e. The summed E-state index contributed by atoms with van der Waals surface area (Å²) in [5.41, 5.74) is 0. The zero-order valence-electron chi connectivity index (χ0n) is 16.7. The van der Waals surface area contributed by atoms with Gasteiger partial charge in [-0.15, -0.1) is 0 Å². The molecule has 0 aliphatic rings. The van der Waals surface area contributed by atoms with Crippen molar-refractivity contribution in [2.24, 2.45) is 0 Å². The van der Waals surface area contributed by atoms with Crippen molar-refractivity contribution in [2.75, 3.05) is 26.4 Å². The van der Waals surface area contributed by atoms with E-state index < -0.39 is 18.6 Å². The van der Waals surface area contributed by atoms with E-state index in [-0.39, 0.29) is 0 Å². The zero-order valence-corrected chi connectivity index (χ0v) is 19.0. The minimum atomic E-state index is -1.35. The summed E-state index contributed by atoms with van der Waals surface area (Å²) in [6.07, 6.45) is 10.6. The summed E-state index contributed by atoms with van der Waals surface area (Å²) in [4.78, 5) is 0. The van der Waals surface area contributed by atoms with Gasteiger partial charge in [-0.2, -0.15) is 0 Å². The minimum Gasteiger partial charge on any atom is -0.397 e. The molecule has 0 atom stereocenters. The lowest BCUT2D eigenvalue weighted by Crippen LogP contribution is -2.22. The van der Waals surface area contributed by atoms with E-state index in [1.165, 1.54) is 63.5 Å². The van der Waals surface area contributed by atoms with Crippen LogP contribution in [0.5, 0.6) is 0 Å². The standard InChI is InChI=1S/C18H42O4Si2/c1-5-19-23(20-6-2)17-15-13-11-9-10-12-14-16-18-24(21-7-3)22-8-4/h23-24H,5-18H2,1-4H3. The molecule has 0 spiro atoms. The molecule has 24 heavy (non-hydrogen) atoms. The molecule has 0 aromatic carbocycles. The normalized spacial score (nSPS) is 11.8. The van der Waals surface area contributed by atoms with Crippen LogP contribution in [0.4, 0.5) is 0 Å². The Bertz CT molecular complexity index is 209. The SMILES string of the molecule is CCO[SiH](CCCCCCCCCC[SiH](OCC)OCC)OCC. The van der Waals surface area contributed by atoms with Gasteiger partial charge >= 0.3 is 18.6 Å². The second-order valence-electron chi connectivity index (χ2n) is 6.09. The molecule has 0 rings (SSSR count). The summed E-state index contributed by atoms with van der Waals surface area (Å²) in [6, 6.07) is 2.34. The van der Waals surface area contributed by atoms with Gasteiger partial charge in [0, 0.05) is 26.4 Å². The van der Waals surface area contributed by atoms with Gasteiger partial charge in [-0.05, 0) is 39.8 Å². The fourth-order valence-corrected chi connectivity index (χ4v) is 6.45. The van der Waals surface area contributed by atoms with Crippen molar-refractivity contribution >= 4 is 18.6 Å². The lowest BCUT2D eigenvalue weighted by Gasteiger charge is -2.14. The highest BCUT2D eigenvalue weighted by molar-refractivity contribution is 6.44. The first-order chi connectivity index (χ1) is 11.8. The fraction of sp³-hybridized carbons (Fsp3) is 1.00. The van der Waals surface area contributed by atoms with Crippen LogP contribution in [0.25, 0.3) is 0 Å². The van der Waals surface area contributed by atoms with E-state index >= 15 is 0 Å². The third-order valence-electron chi connectivity index (χ3n) is 4.04. The Hall–Kier alpha value is 0.274.